The SMILES string of the molecule is Cc1nc2cc(NC(C)C(=O)N(C)C)c([N+](=O)[O-])cc2s1. The van der Waals surface area contributed by atoms with Gasteiger partial charge in [-0.2, -0.15) is 0 Å². The standard InChI is InChI=1S/C13H16N4O3S/c1-7(13(18)16(3)4)14-9-5-10-12(21-8(2)15-10)6-11(9)17(19)20/h5-7,14H,1-4H3. The summed E-state index contributed by atoms with van der Waals surface area (Å²) in [5.74, 6) is -0.154. The second-order valence-electron chi connectivity index (χ2n) is 4.93. The van der Waals surface area contributed by atoms with Gasteiger partial charge in [0.25, 0.3) is 5.69 Å². The van der Waals surface area contributed by atoms with Crippen molar-refractivity contribution in [1.29, 1.82) is 0 Å². The van der Waals surface area contributed by atoms with Gasteiger partial charge in [0.05, 0.1) is 20.1 Å². The quantitative estimate of drug-likeness (QED) is 0.692. The molecular weight excluding hydrogens is 292 g/mol. The summed E-state index contributed by atoms with van der Waals surface area (Å²) >= 11 is 1.40. The average molecular weight is 308 g/mol. The second-order valence-corrected chi connectivity index (χ2v) is 6.16. The van der Waals surface area contributed by atoms with Crippen LogP contribution in [-0.2, 0) is 4.79 Å². The number of carbonyl (C=O) groups is 1. The van der Waals surface area contributed by atoms with Crippen LogP contribution in [-0.4, -0.2) is 40.9 Å². The highest BCUT2D eigenvalue weighted by Gasteiger charge is 2.21. The molecule has 1 heterocycles. The lowest BCUT2D eigenvalue weighted by Gasteiger charge is -2.18. The molecule has 0 saturated carbocycles. The van der Waals surface area contributed by atoms with E-state index in [4.69, 9.17) is 0 Å². The van der Waals surface area contributed by atoms with Crippen molar-refractivity contribution >= 4 is 38.8 Å². The fourth-order valence-electron chi connectivity index (χ4n) is 2.03. The van der Waals surface area contributed by atoms with Crippen molar-refractivity contribution in [2.24, 2.45) is 0 Å². The first-order valence-electron chi connectivity index (χ1n) is 6.33. The van der Waals surface area contributed by atoms with E-state index in [2.05, 4.69) is 10.3 Å². The van der Waals surface area contributed by atoms with Gasteiger partial charge >= 0.3 is 0 Å². The van der Waals surface area contributed by atoms with Crippen LogP contribution in [0.1, 0.15) is 11.9 Å². The number of amides is 1. The zero-order valence-corrected chi connectivity index (χ0v) is 13.0. The van der Waals surface area contributed by atoms with Crippen molar-refractivity contribution in [3.8, 4) is 0 Å². The van der Waals surface area contributed by atoms with Crippen LogP contribution in [0.2, 0.25) is 0 Å². The van der Waals surface area contributed by atoms with E-state index in [-0.39, 0.29) is 11.6 Å². The van der Waals surface area contributed by atoms with Crippen molar-refractivity contribution in [3.63, 3.8) is 0 Å². The van der Waals surface area contributed by atoms with E-state index >= 15 is 0 Å². The minimum Gasteiger partial charge on any atom is -0.368 e. The van der Waals surface area contributed by atoms with Crippen molar-refractivity contribution in [1.82, 2.24) is 9.88 Å². The molecule has 2 aromatic rings. The van der Waals surface area contributed by atoms with Gasteiger partial charge in [0.1, 0.15) is 11.7 Å². The van der Waals surface area contributed by atoms with Gasteiger partial charge in [0.15, 0.2) is 0 Å². The van der Waals surface area contributed by atoms with Crippen molar-refractivity contribution in [2.75, 3.05) is 19.4 Å². The number of anilines is 1. The number of aromatic nitrogens is 1. The molecule has 21 heavy (non-hydrogen) atoms. The smallest absolute Gasteiger partial charge is 0.293 e. The van der Waals surface area contributed by atoms with Gasteiger partial charge in [-0.1, -0.05) is 0 Å². The molecule has 0 aliphatic heterocycles. The first kappa shape index (κ1) is 15.2. The molecule has 1 aromatic carbocycles. The molecule has 0 bridgehead atoms. The number of nitrogens with one attached hydrogen (secondary N) is 1. The number of hydrogen-bond acceptors (Lipinski definition) is 6. The highest BCUT2D eigenvalue weighted by molar-refractivity contribution is 7.18. The van der Waals surface area contributed by atoms with E-state index < -0.39 is 11.0 Å². The topological polar surface area (TPSA) is 88.4 Å². The maximum Gasteiger partial charge on any atom is 0.293 e. The molecule has 1 unspecified atom stereocenters. The molecule has 0 aliphatic carbocycles. The van der Waals surface area contributed by atoms with E-state index in [9.17, 15) is 14.9 Å². The van der Waals surface area contributed by atoms with E-state index in [0.717, 1.165) is 9.71 Å². The second kappa shape index (κ2) is 5.65. The number of carbonyl (C=O) groups excluding carboxylic acids is 1. The fourth-order valence-corrected chi connectivity index (χ4v) is 2.87. The molecule has 0 spiro atoms. The Kier molecular flexibility index (Phi) is 4.08. The van der Waals surface area contributed by atoms with Crippen LogP contribution in [0.5, 0.6) is 0 Å². The maximum atomic E-state index is 11.9. The molecule has 112 valence electrons. The Bertz CT molecular complexity index is 711. The van der Waals surface area contributed by atoms with Crippen LogP contribution in [0, 0.1) is 17.0 Å². The number of rotatable bonds is 4. The van der Waals surface area contributed by atoms with Crippen LogP contribution in [0.4, 0.5) is 11.4 Å². The first-order valence-corrected chi connectivity index (χ1v) is 7.14. The van der Waals surface area contributed by atoms with Crippen LogP contribution in [0.3, 0.4) is 0 Å². The summed E-state index contributed by atoms with van der Waals surface area (Å²) in [5.41, 5.74) is 0.945. The Balaban J connectivity index is 2.43. The largest absolute Gasteiger partial charge is 0.368 e. The normalized spacial score (nSPS) is 12.2. The molecule has 1 N–H and O–H groups in total. The molecule has 0 radical (unpaired) electrons. The molecule has 2 rings (SSSR count). The summed E-state index contributed by atoms with van der Waals surface area (Å²) < 4.78 is 0.760. The van der Waals surface area contributed by atoms with Crippen molar-refractivity contribution in [3.05, 3.63) is 27.3 Å². The number of nitro benzene ring substituents is 1. The van der Waals surface area contributed by atoms with E-state index in [1.165, 1.54) is 22.3 Å². The van der Waals surface area contributed by atoms with Crippen molar-refractivity contribution < 1.29 is 9.72 Å². The first-order chi connectivity index (χ1) is 9.79. The Morgan fingerprint density at radius 1 is 1.48 bits per heavy atom. The summed E-state index contributed by atoms with van der Waals surface area (Å²) in [6, 6.07) is 2.56. The fraction of sp³-hybridized carbons (Fsp3) is 0.385. The summed E-state index contributed by atoms with van der Waals surface area (Å²) in [7, 11) is 3.28. The maximum absolute atomic E-state index is 11.9. The number of nitrogens with zero attached hydrogens (tertiary/aromatic N) is 3. The Labute approximate surface area is 125 Å². The predicted molar refractivity (Wildman–Crippen MR) is 82.8 cm³/mol. The van der Waals surface area contributed by atoms with E-state index in [1.54, 1.807) is 27.1 Å². The monoisotopic (exact) mass is 308 g/mol. The molecule has 1 amide bonds. The highest BCUT2D eigenvalue weighted by atomic mass is 32.1. The summed E-state index contributed by atoms with van der Waals surface area (Å²) in [4.78, 5) is 28.4. The highest BCUT2D eigenvalue weighted by Crippen LogP contribution is 2.33. The molecule has 0 aliphatic rings. The summed E-state index contributed by atoms with van der Waals surface area (Å²) in [5, 5.41) is 15.0. The average Bonchev–Trinajstić information content (AvgIpc) is 2.75. The lowest BCUT2D eigenvalue weighted by molar-refractivity contribution is -0.383. The van der Waals surface area contributed by atoms with Gasteiger partial charge in [-0.25, -0.2) is 4.98 Å². The van der Waals surface area contributed by atoms with Gasteiger partial charge < -0.3 is 10.2 Å². The zero-order valence-electron chi connectivity index (χ0n) is 12.2. The van der Waals surface area contributed by atoms with Gasteiger partial charge in [-0.15, -0.1) is 11.3 Å². The lowest BCUT2D eigenvalue weighted by atomic mass is 10.2. The predicted octanol–water partition coefficient (Wildman–Crippen LogP) is 2.40. The minimum absolute atomic E-state index is 0.0513. The summed E-state index contributed by atoms with van der Waals surface area (Å²) in [6.07, 6.45) is 0. The Morgan fingerprint density at radius 2 is 2.14 bits per heavy atom. The Morgan fingerprint density at radius 3 is 2.71 bits per heavy atom. The van der Waals surface area contributed by atoms with Crippen LogP contribution < -0.4 is 5.32 Å². The van der Waals surface area contributed by atoms with Crippen molar-refractivity contribution in [2.45, 2.75) is 19.9 Å². The van der Waals surface area contributed by atoms with Gasteiger partial charge in [0, 0.05) is 20.2 Å². The van der Waals surface area contributed by atoms with Crippen LogP contribution in [0.15, 0.2) is 12.1 Å². The third-order valence-electron chi connectivity index (χ3n) is 2.99. The van der Waals surface area contributed by atoms with Gasteiger partial charge in [-0.05, 0) is 19.9 Å². The Hall–Kier alpha value is -2.22. The number of fused-ring (bicyclic) bond motifs is 1. The van der Waals surface area contributed by atoms with Gasteiger partial charge in [-0.3, -0.25) is 14.9 Å². The number of nitro groups is 1. The summed E-state index contributed by atoms with van der Waals surface area (Å²) in [6.45, 7) is 3.52. The number of thiazole rings is 1. The molecule has 1 aromatic heterocycles. The number of aryl methyl sites for hydroxylation is 1. The van der Waals surface area contributed by atoms with Crippen LogP contribution >= 0.6 is 11.3 Å². The van der Waals surface area contributed by atoms with E-state index in [1.807, 2.05) is 6.92 Å². The molecule has 7 nitrogen and oxygen atoms in total. The van der Waals surface area contributed by atoms with Crippen LogP contribution in [0.25, 0.3) is 10.2 Å². The molecule has 0 saturated heterocycles. The molecule has 8 heteroatoms. The molecular formula is C13H16N4O3S. The molecule has 0 fully saturated rings. The number of hydrogen-bond donors (Lipinski definition) is 1. The minimum atomic E-state index is -0.559. The third-order valence-corrected chi connectivity index (χ3v) is 3.93. The number of likely N-dealkylation sites (N-methyl/N-ethyl adjacent to an activating group) is 1. The van der Waals surface area contributed by atoms with Gasteiger partial charge in [0.2, 0.25) is 5.91 Å². The lowest BCUT2D eigenvalue weighted by Crippen LogP contribution is -2.36. The zero-order chi connectivity index (χ0) is 15.7. The molecule has 1 atom stereocenters. The van der Waals surface area contributed by atoms with E-state index in [0.29, 0.717) is 11.2 Å². The number of benzene rings is 1. The third kappa shape index (κ3) is 3.10.